The van der Waals surface area contributed by atoms with Crippen LogP contribution < -0.4 is 0 Å². The minimum absolute atomic E-state index is 0.0476. The number of pyridine rings is 2. The van der Waals surface area contributed by atoms with Crippen LogP contribution in [-0.2, 0) is 10.8 Å². The highest BCUT2D eigenvalue weighted by atomic mass is 16.3. The number of nitriles is 1. The molecule has 0 aliphatic heterocycles. The number of phenols is 1. The smallest absolute Gasteiger partial charge is 0.124 e. The molecule has 0 unspecified atom stereocenters. The van der Waals surface area contributed by atoms with Gasteiger partial charge in [0.2, 0.25) is 0 Å². The minimum atomic E-state index is -0.0476. The topological polar surface area (TPSA) is 74.7 Å². The van der Waals surface area contributed by atoms with E-state index >= 15 is 0 Å². The fraction of sp³-hybridized carbons (Fsp3) is 0.145. The Labute approximate surface area is 351 Å². The second kappa shape index (κ2) is 14.8. The molecule has 1 N–H and O–H groups in total. The first-order chi connectivity index (χ1) is 28.9. The van der Waals surface area contributed by atoms with Crippen molar-refractivity contribution in [1.82, 2.24) is 14.5 Å². The van der Waals surface area contributed by atoms with Gasteiger partial charge in [-0.1, -0.05) is 126 Å². The zero-order valence-electron chi connectivity index (χ0n) is 34.8. The Hall–Kier alpha value is -7.29. The first-order valence-corrected chi connectivity index (χ1v) is 20.4. The van der Waals surface area contributed by atoms with Crippen molar-refractivity contribution in [2.24, 2.45) is 0 Å². The van der Waals surface area contributed by atoms with Gasteiger partial charge in [-0.3, -0.25) is 4.98 Å². The van der Waals surface area contributed by atoms with Gasteiger partial charge in [0.1, 0.15) is 5.75 Å². The quantitative estimate of drug-likeness (QED) is 0.182. The summed E-state index contributed by atoms with van der Waals surface area (Å²) < 4.78 is 2.30. The van der Waals surface area contributed by atoms with Crippen molar-refractivity contribution in [3.05, 3.63) is 181 Å². The molecule has 0 bridgehead atoms. The molecule has 0 aliphatic rings. The molecule has 0 radical (unpaired) electrons. The van der Waals surface area contributed by atoms with E-state index in [2.05, 4.69) is 161 Å². The summed E-state index contributed by atoms with van der Waals surface area (Å²) in [6.45, 7) is 13.5. The average molecular weight is 779 g/mol. The van der Waals surface area contributed by atoms with E-state index in [4.69, 9.17) is 9.97 Å². The second-order valence-electron chi connectivity index (χ2n) is 17.7. The maximum absolute atomic E-state index is 11.1. The summed E-state index contributed by atoms with van der Waals surface area (Å²) in [7, 11) is 0. The zero-order valence-corrected chi connectivity index (χ0v) is 34.8. The van der Waals surface area contributed by atoms with Gasteiger partial charge in [-0.25, -0.2) is 4.98 Å². The summed E-state index contributed by atoms with van der Waals surface area (Å²) in [5, 5.41) is 22.9. The molecule has 6 aromatic carbocycles. The summed E-state index contributed by atoms with van der Waals surface area (Å²) in [5.74, 6) is 0.190. The van der Waals surface area contributed by atoms with E-state index in [0.29, 0.717) is 16.8 Å². The molecule has 0 spiro atoms. The van der Waals surface area contributed by atoms with Crippen molar-refractivity contribution in [1.29, 1.82) is 5.26 Å². The van der Waals surface area contributed by atoms with Crippen molar-refractivity contribution in [2.45, 2.75) is 52.4 Å². The van der Waals surface area contributed by atoms with Gasteiger partial charge in [0.05, 0.1) is 39.7 Å². The Morgan fingerprint density at radius 3 is 1.83 bits per heavy atom. The van der Waals surface area contributed by atoms with E-state index < -0.39 is 0 Å². The number of para-hydroxylation sites is 3. The van der Waals surface area contributed by atoms with Crippen LogP contribution in [-0.4, -0.2) is 19.6 Å². The molecule has 5 heteroatoms. The van der Waals surface area contributed by atoms with Gasteiger partial charge in [-0.15, -0.1) is 0 Å². The lowest BCUT2D eigenvalue weighted by molar-refractivity contribution is 0.477. The number of nitrogens with zero attached hydrogens (tertiary/aromatic N) is 4. The van der Waals surface area contributed by atoms with Gasteiger partial charge in [0.25, 0.3) is 0 Å². The van der Waals surface area contributed by atoms with Crippen molar-refractivity contribution < 1.29 is 5.11 Å². The second-order valence-corrected chi connectivity index (χ2v) is 17.7. The SMILES string of the molecule is CC(C)(C)c1cc(-c2cc(-c3cccc(-c4cc(-c5cccc6c7ccccc7n(-c7ccc(C#N)cc7)c56)ccn4)c3)nc(-c3ccccc3O)c2)cc(C(C)(C)C)c1. The van der Waals surface area contributed by atoms with Crippen molar-refractivity contribution in [2.75, 3.05) is 0 Å². The molecule has 292 valence electrons. The summed E-state index contributed by atoms with van der Waals surface area (Å²) in [6, 6.07) is 56.3. The highest BCUT2D eigenvalue weighted by molar-refractivity contribution is 6.13. The Bertz CT molecular complexity index is 3100. The molecule has 0 saturated heterocycles. The third-order valence-electron chi connectivity index (χ3n) is 11.5. The fourth-order valence-electron chi connectivity index (χ4n) is 8.13. The Morgan fingerprint density at radius 1 is 0.517 bits per heavy atom. The minimum Gasteiger partial charge on any atom is -0.507 e. The third-order valence-corrected chi connectivity index (χ3v) is 11.5. The van der Waals surface area contributed by atoms with Crippen LogP contribution in [0.15, 0.2) is 164 Å². The predicted molar refractivity (Wildman–Crippen MR) is 247 cm³/mol. The summed E-state index contributed by atoms with van der Waals surface area (Å²) >= 11 is 0. The molecule has 3 aromatic heterocycles. The first kappa shape index (κ1) is 38.2. The van der Waals surface area contributed by atoms with Crippen LogP contribution in [0.4, 0.5) is 0 Å². The molecule has 0 saturated carbocycles. The molecule has 9 rings (SSSR count). The standard InChI is InChI=1S/C55H46N4O/c1-54(2,3)41-28-39(29-42(33-41)55(4,5)6)40-31-49(58-50(32-40)47-16-8-10-20-52(47)60)38-14-11-13-37(27-38)48-30-36(25-26-57-48)44-17-12-18-46-45-15-7-9-19-51(45)59(53(44)46)43-23-21-35(34-56)22-24-43/h7-33,60H,1-6H3. The van der Waals surface area contributed by atoms with Crippen molar-refractivity contribution >= 4 is 21.8 Å². The van der Waals surface area contributed by atoms with Gasteiger partial charge in [-0.2, -0.15) is 5.26 Å². The fourth-order valence-corrected chi connectivity index (χ4v) is 8.13. The molecule has 5 nitrogen and oxygen atoms in total. The van der Waals surface area contributed by atoms with E-state index in [1.165, 1.54) is 16.5 Å². The molecule has 0 atom stereocenters. The third kappa shape index (κ3) is 7.11. The van der Waals surface area contributed by atoms with E-state index in [1.807, 2.05) is 48.7 Å². The highest BCUT2D eigenvalue weighted by Crippen LogP contribution is 2.41. The number of hydrogen-bond acceptors (Lipinski definition) is 4. The van der Waals surface area contributed by atoms with Crippen LogP contribution in [0.2, 0.25) is 0 Å². The Kier molecular flexibility index (Phi) is 9.45. The van der Waals surface area contributed by atoms with Gasteiger partial charge in [0.15, 0.2) is 0 Å². The summed E-state index contributed by atoms with van der Waals surface area (Å²) in [6.07, 6.45) is 1.88. The van der Waals surface area contributed by atoms with E-state index in [-0.39, 0.29) is 16.6 Å². The van der Waals surface area contributed by atoms with Crippen LogP contribution in [0.5, 0.6) is 5.75 Å². The maximum Gasteiger partial charge on any atom is 0.124 e. The van der Waals surface area contributed by atoms with Crippen LogP contribution >= 0.6 is 0 Å². The van der Waals surface area contributed by atoms with Gasteiger partial charge in [-0.05, 0) is 111 Å². The lowest BCUT2D eigenvalue weighted by atomic mass is 9.79. The number of aromatic hydroxyl groups is 1. The lowest BCUT2D eigenvalue weighted by Crippen LogP contribution is -2.16. The molecule has 3 heterocycles. The van der Waals surface area contributed by atoms with Crippen LogP contribution in [0.3, 0.4) is 0 Å². The van der Waals surface area contributed by atoms with Crippen LogP contribution in [0, 0.1) is 11.3 Å². The number of phenolic OH excluding ortho intramolecular Hbond substituents is 1. The number of rotatable bonds is 6. The number of aromatic nitrogens is 3. The van der Waals surface area contributed by atoms with E-state index in [0.717, 1.165) is 66.9 Å². The molecule has 0 fully saturated rings. The average Bonchev–Trinajstić information content (AvgIpc) is 3.60. The Morgan fingerprint density at radius 2 is 1.12 bits per heavy atom. The molecule has 0 amide bonds. The zero-order chi connectivity index (χ0) is 41.8. The predicted octanol–water partition coefficient (Wildman–Crippen LogP) is 14.1. The number of benzene rings is 6. The monoisotopic (exact) mass is 778 g/mol. The van der Waals surface area contributed by atoms with Crippen LogP contribution in [0.25, 0.3) is 83.5 Å². The van der Waals surface area contributed by atoms with E-state index in [1.54, 1.807) is 6.07 Å². The summed E-state index contributed by atoms with van der Waals surface area (Å²) in [4.78, 5) is 10.1. The van der Waals surface area contributed by atoms with Gasteiger partial charge in [0, 0.05) is 44.9 Å². The summed E-state index contributed by atoms with van der Waals surface area (Å²) in [5.41, 5.74) is 15.5. The largest absolute Gasteiger partial charge is 0.507 e. The van der Waals surface area contributed by atoms with E-state index in [9.17, 15) is 10.4 Å². The molecular weight excluding hydrogens is 733 g/mol. The first-order valence-electron chi connectivity index (χ1n) is 20.4. The molecule has 60 heavy (non-hydrogen) atoms. The lowest BCUT2D eigenvalue weighted by Gasteiger charge is -2.26. The number of fused-ring (bicyclic) bond motifs is 3. The van der Waals surface area contributed by atoms with Crippen LogP contribution in [0.1, 0.15) is 58.2 Å². The molecule has 9 aromatic rings. The highest BCUT2D eigenvalue weighted by Gasteiger charge is 2.22. The van der Waals surface area contributed by atoms with Gasteiger partial charge < -0.3 is 9.67 Å². The Balaban J connectivity index is 1.18. The maximum atomic E-state index is 11.1. The van der Waals surface area contributed by atoms with Crippen molar-refractivity contribution in [3.8, 4) is 73.5 Å². The normalized spacial score (nSPS) is 11.9. The number of hydrogen-bond donors (Lipinski definition) is 1. The molecule has 0 aliphatic carbocycles. The molecular formula is C55H46N4O. The van der Waals surface area contributed by atoms with Gasteiger partial charge >= 0.3 is 0 Å². The van der Waals surface area contributed by atoms with Crippen molar-refractivity contribution in [3.63, 3.8) is 0 Å².